The van der Waals surface area contributed by atoms with Gasteiger partial charge in [0.1, 0.15) is 35.2 Å². The Hall–Kier alpha value is -5.08. The van der Waals surface area contributed by atoms with Crippen LogP contribution in [0.15, 0.2) is 146 Å². The molecule has 0 radical (unpaired) electrons. The topological polar surface area (TPSA) is 65.0 Å². The van der Waals surface area contributed by atoms with Gasteiger partial charge in [-0.25, -0.2) is 4.79 Å². The summed E-state index contributed by atoms with van der Waals surface area (Å²) in [5, 5.41) is 9.75. The lowest BCUT2D eigenvalue weighted by atomic mass is 9.83. The van der Waals surface area contributed by atoms with Crippen LogP contribution in [-0.4, -0.2) is 18.2 Å². The molecule has 246 valence electrons. The Morgan fingerprint density at radius 2 is 1.24 bits per heavy atom. The first-order valence-corrected chi connectivity index (χ1v) is 17.3. The highest BCUT2D eigenvalue weighted by atomic mass is 127. The van der Waals surface area contributed by atoms with E-state index in [4.69, 9.17) is 14.2 Å². The third-order valence-electron chi connectivity index (χ3n) is 8.50. The number of carbonyl (C=O) groups is 1. The van der Waals surface area contributed by atoms with E-state index in [0.29, 0.717) is 24.5 Å². The molecule has 0 spiro atoms. The molecule has 0 heterocycles. The highest BCUT2D eigenvalue weighted by Gasteiger charge is 2.20. The molecule has 49 heavy (non-hydrogen) atoms. The molecule has 6 aromatic rings. The molecule has 5 nitrogen and oxygen atoms in total. The summed E-state index contributed by atoms with van der Waals surface area (Å²) in [6.45, 7) is 0.524. The molecule has 1 unspecified atom stereocenters. The van der Waals surface area contributed by atoms with Crippen molar-refractivity contribution in [1.82, 2.24) is 0 Å². The highest BCUT2D eigenvalue weighted by Crippen LogP contribution is 2.35. The first-order valence-electron chi connectivity index (χ1n) is 16.2. The lowest BCUT2D eigenvalue weighted by Crippen LogP contribution is -2.11. The normalized spacial score (nSPS) is 11.5. The van der Waals surface area contributed by atoms with E-state index in [9.17, 15) is 9.90 Å². The third kappa shape index (κ3) is 9.30. The van der Waals surface area contributed by atoms with E-state index < -0.39 is 5.97 Å². The van der Waals surface area contributed by atoms with Gasteiger partial charge in [-0.3, -0.25) is 0 Å². The molecular formula is C43H37IO5. The van der Waals surface area contributed by atoms with E-state index >= 15 is 0 Å². The number of rotatable bonds is 14. The summed E-state index contributed by atoms with van der Waals surface area (Å²) in [5.74, 6) is 1.67. The van der Waals surface area contributed by atoms with Crippen LogP contribution in [0.4, 0.5) is 0 Å². The largest absolute Gasteiger partial charge is 0.497 e. The maximum absolute atomic E-state index is 11.9. The smallest absolute Gasteiger partial charge is 0.339 e. The predicted molar refractivity (Wildman–Crippen MR) is 202 cm³/mol. The Morgan fingerprint density at radius 1 is 0.653 bits per heavy atom. The number of ether oxygens (including phenoxy) is 3. The van der Waals surface area contributed by atoms with Crippen LogP contribution in [0.1, 0.15) is 49.7 Å². The monoisotopic (exact) mass is 760 g/mol. The second-order valence-corrected chi connectivity index (χ2v) is 13.2. The standard InChI is InChI=1S/C43H37IO5/c1-47-37-19-13-31(14-20-37)27-35-28-39(49-42-10-6-5-9-41(42)43(45)46)23-24-40(35)34(25-30-11-17-36(44)18-12-30)26-32-15-21-38(22-16-32)48-29-33-7-3-2-4-8-33/h2-24,28,34H,25-27,29H2,1H3,(H,45,46). The van der Waals surface area contributed by atoms with Crippen molar-refractivity contribution in [2.45, 2.75) is 31.8 Å². The van der Waals surface area contributed by atoms with Crippen molar-refractivity contribution < 1.29 is 24.1 Å². The zero-order valence-electron chi connectivity index (χ0n) is 27.2. The van der Waals surface area contributed by atoms with Crippen molar-refractivity contribution in [3.8, 4) is 23.0 Å². The molecule has 0 aliphatic carbocycles. The Labute approximate surface area is 301 Å². The van der Waals surface area contributed by atoms with Crippen molar-refractivity contribution in [2.75, 3.05) is 7.11 Å². The number of carboxylic acid groups (broad SMARTS) is 1. The summed E-state index contributed by atoms with van der Waals surface area (Å²) in [6.07, 6.45) is 2.34. The molecule has 0 saturated carbocycles. The summed E-state index contributed by atoms with van der Waals surface area (Å²) < 4.78 is 18.9. The summed E-state index contributed by atoms with van der Waals surface area (Å²) in [6, 6.07) is 48.3. The number of benzene rings is 6. The van der Waals surface area contributed by atoms with Crippen LogP contribution in [0, 0.1) is 3.57 Å². The Kier molecular flexibility index (Phi) is 11.3. The van der Waals surface area contributed by atoms with Crippen LogP contribution >= 0.6 is 22.6 Å². The second kappa shape index (κ2) is 16.3. The lowest BCUT2D eigenvalue weighted by molar-refractivity contribution is 0.0694. The molecule has 1 N–H and O–H groups in total. The highest BCUT2D eigenvalue weighted by molar-refractivity contribution is 14.1. The maximum Gasteiger partial charge on any atom is 0.339 e. The number of carboxylic acids is 1. The SMILES string of the molecule is COc1ccc(Cc2cc(Oc3ccccc3C(=O)O)ccc2C(Cc2ccc(I)cc2)Cc2ccc(OCc3ccccc3)cc2)cc1. The number of methoxy groups -OCH3 is 1. The van der Waals surface area contributed by atoms with Gasteiger partial charge in [0, 0.05) is 3.57 Å². The molecule has 6 aromatic carbocycles. The zero-order valence-corrected chi connectivity index (χ0v) is 29.4. The number of hydrogen-bond acceptors (Lipinski definition) is 4. The number of halogens is 1. The van der Waals surface area contributed by atoms with Crippen LogP contribution in [-0.2, 0) is 25.9 Å². The van der Waals surface area contributed by atoms with Crippen LogP contribution in [0.25, 0.3) is 0 Å². The summed E-state index contributed by atoms with van der Waals surface area (Å²) in [5.41, 5.74) is 7.21. The minimum absolute atomic E-state index is 0.121. The van der Waals surface area contributed by atoms with Crippen LogP contribution in [0.2, 0.25) is 0 Å². The van der Waals surface area contributed by atoms with Gasteiger partial charge in [-0.05, 0) is 142 Å². The van der Waals surface area contributed by atoms with E-state index in [2.05, 4.69) is 108 Å². The van der Waals surface area contributed by atoms with Gasteiger partial charge in [-0.15, -0.1) is 0 Å². The van der Waals surface area contributed by atoms with E-state index in [1.54, 1.807) is 31.4 Å². The summed E-state index contributed by atoms with van der Waals surface area (Å²) in [7, 11) is 1.67. The van der Waals surface area contributed by atoms with E-state index in [1.165, 1.54) is 20.3 Å². The molecule has 6 rings (SSSR count). The first kappa shape index (κ1) is 33.8. The van der Waals surface area contributed by atoms with Crippen molar-refractivity contribution in [3.63, 3.8) is 0 Å². The molecular weight excluding hydrogens is 723 g/mol. The molecule has 0 fully saturated rings. The molecule has 0 saturated heterocycles. The quantitative estimate of drug-likeness (QED) is 0.112. The van der Waals surface area contributed by atoms with E-state index in [0.717, 1.165) is 41.0 Å². The lowest BCUT2D eigenvalue weighted by Gasteiger charge is -2.23. The van der Waals surface area contributed by atoms with Gasteiger partial charge in [0.15, 0.2) is 0 Å². The Balaban J connectivity index is 1.33. The van der Waals surface area contributed by atoms with Gasteiger partial charge in [0.05, 0.1) is 7.11 Å². The first-order chi connectivity index (χ1) is 23.9. The predicted octanol–water partition coefficient (Wildman–Crippen LogP) is 10.5. The van der Waals surface area contributed by atoms with Crippen LogP contribution in [0.3, 0.4) is 0 Å². The molecule has 0 aliphatic rings. The Bertz CT molecular complexity index is 1970. The van der Waals surface area contributed by atoms with Crippen molar-refractivity contribution >= 4 is 28.6 Å². The molecule has 6 heteroatoms. The zero-order chi connectivity index (χ0) is 34.0. The fourth-order valence-corrected chi connectivity index (χ4v) is 6.32. The van der Waals surface area contributed by atoms with Gasteiger partial charge >= 0.3 is 5.97 Å². The third-order valence-corrected chi connectivity index (χ3v) is 9.22. The van der Waals surface area contributed by atoms with Crippen molar-refractivity contribution in [3.05, 3.63) is 188 Å². The average molecular weight is 761 g/mol. The summed E-state index contributed by atoms with van der Waals surface area (Å²) in [4.78, 5) is 11.9. The maximum atomic E-state index is 11.9. The molecule has 0 aromatic heterocycles. The molecule has 0 aliphatic heterocycles. The van der Waals surface area contributed by atoms with Crippen LogP contribution in [0.5, 0.6) is 23.0 Å². The van der Waals surface area contributed by atoms with Crippen molar-refractivity contribution in [1.29, 1.82) is 0 Å². The second-order valence-electron chi connectivity index (χ2n) is 11.9. The van der Waals surface area contributed by atoms with Gasteiger partial charge in [-0.1, -0.05) is 84.9 Å². The number of hydrogen-bond donors (Lipinski definition) is 1. The molecule has 1 atom stereocenters. The fraction of sp³-hybridized carbons (Fsp3) is 0.140. The van der Waals surface area contributed by atoms with Gasteiger partial charge in [0.2, 0.25) is 0 Å². The Morgan fingerprint density at radius 3 is 1.92 bits per heavy atom. The minimum atomic E-state index is -1.03. The van der Waals surface area contributed by atoms with Gasteiger partial charge in [-0.2, -0.15) is 0 Å². The number of para-hydroxylation sites is 1. The van der Waals surface area contributed by atoms with Crippen LogP contribution < -0.4 is 14.2 Å². The van der Waals surface area contributed by atoms with E-state index in [-0.39, 0.29) is 11.5 Å². The number of aromatic carboxylic acids is 1. The molecule has 0 bridgehead atoms. The van der Waals surface area contributed by atoms with E-state index in [1.807, 2.05) is 36.4 Å². The van der Waals surface area contributed by atoms with Gasteiger partial charge < -0.3 is 19.3 Å². The van der Waals surface area contributed by atoms with Crippen molar-refractivity contribution in [2.24, 2.45) is 0 Å². The molecule has 0 amide bonds. The summed E-state index contributed by atoms with van der Waals surface area (Å²) >= 11 is 2.34. The van der Waals surface area contributed by atoms with Gasteiger partial charge in [0.25, 0.3) is 0 Å². The fourth-order valence-electron chi connectivity index (χ4n) is 5.96. The minimum Gasteiger partial charge on any atom is -0.497 e. The average Bonchev–Trinajstić information content (AvgIpc) is 3.13.